The zero-order valence-electron chi connectivity index (χ0n) is 11.2. The van der Waals surface area contributed by atoms with E-state index in [-0.39, 0.29) is 0 Å². The van der Waals surface area contributed by atoms with Gasteiger partial charge in [-0.05, 0) is 18.1 Å². The average Bonchev–Trinajstić information content (AvgIpc) is 2.37. The van der Waals surface area contributed by atoms with Crippen LogP contribution >= 0.6 is 0 Å². The van der Waals surface area contributed by atoms with Crippen molar-refractivity contribution in [1.82, 2.24) is 24.5 Å². The van der Waals surface area contributed by atoms with Crippen LogP contribution in [-0.2, 0) is 13.5 Å². The lowest BCUT2D eigenvalue weighted by Crippen LogP contribution is -2.23. The van der Waals surface area contributed by atoms with Crippen molar-refractivity contribution in [2.75, 3.05) is 14.1 Å². The molecular formula is C12H18N6. The van der Waals surface area contributed by atoms with Crippen LogP contribution in [0.3, 0.4) is 0 Å². The number of hydrogen-bond donors (Lipinski definition) is 0. The van der Waals surface area contributed by atoms with Crippen LogP contribution in [-0.4, -0.2) is 44.9 Å². The van der Waals surface area contributed by atoms with Crippen molar-refractivity contribution in [3.05, 3.63) is 23.9 Å². The highest BCUT2D eigenvalue weighted by Crippen LogP contribution is 2.13. The van der Waals surface area contributed by atoms with Crippen molar-refractivity contribution >= 4 is 12.3 Å². The molecule has 2 rings (SSSR count). The minimum absolute atomic E-state index is 0.671. The molecule has 0 spiro atoms. The topological polar surface area (TPSA) is 51.2 Å². The summed E-state index contributed by atoms with van der Waals surface area (Å²) in [5.74, 6) is 1.48. The Kier molecular flexibility index (Phi) is 3.45. The quantitative estimate of drug-likeness (QED) is 0.605. The Bertz CT molecular complexity index is 531. The van der Waals surface area contributed by atoms with E-state index < -0.39 is 0 Å². The molecule has 6 heteroatoms. The maximum Gasteiger partial charge on any atom is 0.266 e. The van der Waals surface area contributed by atoms with E-state index in [0.717, 1.165) is 12.2 Å². The Balaban J connectivity index is 2.17. The van der Waals surface area contributed by atoms with Crippen molar-refractivity contribution in [2.45, 2.75) is 13.3 Å². The first-order valence-electron chi connectivity index (χ1n) is 5.89. The molecule has 0 aromatic carbocycles. The molecule has 18 heavy (non-hydrogen) atoms. The largest absolute Gasteiger partial charge is 0.369 e. The lowest BCUT2D eigenvalue weighted by Gasteiger charge is -2.17. The van der Waals surface area contributed by atoms with Crippen LogP contribution in [0.25, 0.3) is 5.82 Å². The van der Waals surface area contributed by atoms with Gasteiger partial charge in [-0.3, -0.25) is 0 Å². The fourth-order valence-corrected chi connectivity index (χ4v) is 1.49. The fourth-order valence-electron chi connectivity index (χ4n) is 1.49. The molecule has 96 valence electrons. The number of aromatic nitrogens is 4. The third kappa shape index (κ3) is 2.42. The molecule has 0 atom stereocenters. The molecule has 0 N–H and O–H groups in total. The van der Waals surface area contributed by atoms with E-state index in [4.69, 9.17) is 0 Å². The Hall–Kier alpha value is -2.11. The second-order valence-corrected chi connectivity index (χ2v) is 4.30. The van der Waals surface area contributed by atoms with Gasteiger partial charge < -0.3 is 4.90 Å². The normalized spacial score (nSPS) is 11.3. The van der Waals surface area contributed by atoms with Gasteiger partial charge in [0.15, 0.2) is 5.82 Å². The van der Waals surface area contributed by atoms with E-state index in [9.17, 15) is 0 Å². The molecule has 0 amide bonds. The first kappa shape index (κ1) is 12.3. The van der Waals surface area contributed by atoms with E-state index in [1.54, 1.807) is 11.1 Å². The number of aliphatic imine (C=N–C) groups is 1. The Morgan fingerprint density at radius 1 is 1.39 bits per heavy atom. The summed E-state index contributed by atoms with van der Waals surface area (Å²) < 4.78 is 1.86. The molecular weight excluding hydrogens is 228 g/mol. The maximum absolute atomic E-state index is 4.37. The highest BCUT2D eigenvalue weighted by Gasteiger charge is 2.10. The van der Waals surface area contributed by atoms with Crippen LogP contribution in [0.5, 0.6) is 0 Å². The van der Waals surface area contributed by atoms with Crippen LogP contribution in [0.2, 0.25) is 0 Å². The molecule has 2 aromatic rings. The molecule has 0 saturated heterocycles. The van der Waals surface area contributed by atoms with E-state index in [1.165, 1.54) is 5.56 Å². The van der Waals surface area contributed by atoms with E-state index in [1.807, 2.05) is 43.0 Å². The highest BCUT2D eigenvalue weighted by molar-refractivity contribution is 5.57. The predicted octanol–water partition coefficient (Wildman–Crippen LogP) is 1.39. The Labute approximate surface area is 107 Å². The highest BCUT2D eigenvalue weighted by atomic mass is 15.6. The van der Waals surface area contributed by atoms with Gasteiger partial charge in [-0.2, -0.15) is 0 Å². The van der Waals surface area contributed by atoms with Crippen LogP contribution in [0, 0.1) is 0 Å². The van der Waals surface area contributed by atoms with Crippen LogP contribution < -0.4 is 0 Å². The van der Waals surface area contributed by atoms with Gasteiger partial charge in [-0.15, -0.1) is 9.90 Å². The number of rotatable bonds is 4. The van der Waals surface area contributed by atoms with E-state index in [2.05, 4.69) is 28.1 Å². The Morgan fingerprint density at radius 3 is 2.67 bits per heavy atom. The van der Waals surface area contributed by atoms with Crippen molar-refractivity contribution in [1.29, 1.82) is 0 Å². The summed E-state index contributed by atoms with van der Waals surface area (Å²) in [5, 5.41) is 4.29. The van der Waals surface area contributed by atoms with Crippen molar-refractivity contribution < 1.29 is 0 Å². The third-order valence-corrected chi connectivity index (χ3v) is 2.58. The summed E-state index contributed by atoms with van der Waals surface area (Å²) in [4.78, 5) is 12.2. The first-order valence-corrected chi connectivity index (χ1v) is 5.89. The predicted molar refractivity (Wildman–Crippen MR) is 71.5 cm³/mol. The SMILES string of the molecule is CCc1ccc(-n2nc(/N=C/N(C)C)n2C)nc1. The minimum atomic E-state index is 0.671. The van der Waals surface area contributed by atoms with E-state index >= 15 is 0 Å². The number of pyridine rings is 1. The molecule has 0 aliphatic heterocycles. The van der Waals surface area contributed by atoms with Crippen LogP contribution in [0.4, 0.5) is 5.95 Å². The van der Waals surface area contributed by atoms with Gasteiger partial charge in [0, 0.05) is 27.3 Å². The van der Waals surface area contributed by atoms with Gasteiger partial charge >= 0.3 is 0 Å². The summed E-state index contributed by atoms with van der Waals surface area (Å²) in [6.07, 6.45) is 4.59. The van der Waals surface area contributed by atoms with Crippen LogP contribution in [0.1, 0.15) is 12.5 Å². The van der Waals surface area contributed by atoms with Crippen molar-refractivity contribution in [2.24, 2.45) is 12.0 Å². The zero-order valence-corrected chi connectivity index (χ0v) is 11.2. The lowest BCUT2D eigenvalue weighted by molar-refractivity contribution is 0.476. The molecule has 0 aliphatic carbocycles. The van der Waals surface area contributed by atoms with Gasteiger partial charge in [-0.25, -0.2) is 14.7 Å². The molecule has 0 unspecified atom stereocenters. The van der Waals surface area contributed by atoms with Crippen molar-refractivity contribution in [3.8, 4) is 5.82 Å². The summed E-state index contributed by atoms with van der Waals surface area (Å²) in [6, 6.07) is 4.03. The van der Waals surface area contributed by atoms with E-state index in [0.29, 0.717) is 5.95 Å². The molecule has 0 radical (unpaired) electrons. The monoisotopic (exact) mass is 246 g/mol. The van der Waals surface area contributed by atoms with Gasteiger partial charge in [0.05, 0.1) is 6.34 Å². The number of aryl methyl sites for hydroxylation is 1. The molecule has 0 fully saturated rings. The third-order valence-electron chi connectivity index (χ3n) is 2.58. The molecule has 0 aliphatic rings. The lowest BCUT2D eigenvalue weighted by atomic mass is 10.2. The number of nitrogens with zero attached hydrogens (tertiary/aromatic N) is 6. The Morgan fingerprint density at radius 2 is 2.17 bits per heavy atom. The molecule has 6 nitrogen and oxygen atoms in total. The fraction of sp³-hybridized carbons (Fsp3) is 0.417. The summed E-state index contributed by atoms with van der Waals surface area (Å²) in [7, 11) is 5.75. The molecule has 2 heterocycles. The minimum Gasteiger partial charge on any atom is -0.369 e. The van der Waals surface area contributed by atoms with Gasteiger partial charge in [0.2, 0.25) is 0 Å². The zero-order chi connectivity index (χ0) is 13.1. The summed E-state index contributed by atoms with van der Waals surface area (Å²) >= 11 is 0. The van der Waals surface area contributed by atoms with Gasteiger partial charge in [0.25, 0.3) is 5.95 Å². The van der Waals surface area contributed by atoms with Gasteiger partial charge in [0.1, 0.15) is 0 Å². The van der Waals surface area contributed by atoms with Crippen molar-refractivity contribution in [3.63, 3.8) is 0 Å². The smallest absolute Gasteiger partial charge is 0.266 e. The average molecular weight is 246 g/mol. The summed E-state index contributed by atoms with van der Waals surface area (Å²) in [5.41, 5.74) is 1.22. The first-order chi connectivity index (χ1) is 8.61. The second-order valence-electron chi connectivity index (χ2n) is 4.30. The maximum atomic E-state index is 4.37. The second kappa shape index (κ2) is 5.03. The molecule has 2 aromatic heterocycles. The summed E-state index contributed by atoms with van der Waals surface area (Å²) in [6.45, 7) is 2.11. The molecule has 0 bridgehead atoms. The van der Waals surface area contributed by atoms with Gasteiger partial charge in [-0.1, -0.05) is 13.0 Å². The molecule has 0 saturated carbocycles. The number of hydrogen-bond acceptors (Lipinski definition) is 3. The standard InChI is InChI=1S/C12H18N6/c1-5-10-6-7-11(13-8-10)18-15-12(17(18)4)14-9-16(2)3/h6-9H,5H2,1-4H3/b14-9+. The van der Waals surface area contributed by atoms with Crippen LogP contribution in [0.15, 0.2) is 23.3 Å².